The molecule has 1 aromatic carbocycles. The largest absolute Gasteiger partial charge is 0.357 e. The molecule has 0 saturated carbocycles. The van der Waals surface area contributed by atoms with Gasteiger partial charge in [-0.15, -0.1) is 11.6 Å². The number of benzene rings is 1. The molecule has 0 aliphatic rings. The van der Waals surface area contributed by atoms with Crippen molar-refractivity contribution in [2.75, 3.05) is 12.9 Å². The summed E-state index contributed by atoms with van der Waals surface area (Å²) in [5, 5.41) is 2.48. The Balaban J connectivity index is 2.73. The molecular weight excluding hydrogens is 288 g/mol. The van der Waals surface area contributed by atoms with E-state index in [1.807, 2.05) is 0 Å². The molecule has 108 valence electrons. The Morgan fingerprint density at radius 1 is 1.50 bits per heavy atom. The van der Waals surface area contributed by atoms with Gasteiger partial charge < -0.3 is 9.88 Å². The molecule has 0 radical (unpaired) electrons. The van der Waals surface area contributed by atoms with Gasteiger partial charge in [0, 0.05) is 19.3 Å². The van der Waals surface area contributed by atoms with Crippen LogP contribution < -0.4 is 5.32 Å². The van der Waals surface area contributed by atoms with Crippen LogP contribution >= 0.6 is 11.6 Å². The van der Waals surface area contributed by atoms with Gasteiger partial charge in [0.25, 0.3) is 0 Å². The van der Waals surface area contributed by atoms with E-state index in [1.54, 1.807) is 6.92 Å². The van der Waals surface area contributed by atoms with Crippen molar-refractivity contribution in [1.29, 1.82) is 0 Å². The van der Waals surface area contributed by atoms with Gasteiger partial charge in [0.1, 0.15) is 17.4 Å². The maximum absolute atomic E-state index is 14.0. The average Bonchev–Trinajstić information content (AvgIpc) is 2.80. The van der Waals surface area contributed by atoms with Gasteiger partial charge in [0.15, 0.2) is 11.6 Å². The van der Waals surface area contributed by atoms with Gasteiger partial charge in [-0.25, -0.2) is 13.8 Å². The molecule has 1 heterocycles. The Kier molecular flexibility index (Phi) is 4.23. The van der Waals surface area contributed by atoms with Crippen LogP contribution in [0, 0.1) is 11.6 Å². The lowest BCUT2D eigenvalue weighted by Gasteiger charge is -2.16. The summed E-state index contributed by atoms with van der Waals surface area (Å²) in [6, 6.07) is 1.70. The van der Waals surface area contributed by atoms with Crippen LogP contribution in [-0.4, -0.2) is 28.4 Å². The van der Waals surface area contributed by atoms with Gasteiger partial charge in [0.05, 0.1) is 5.52 Å². The Morgan fingerprint density at radius 3 is 2.80 bits per heavy atom. The summed E-state index contributed by atoms with van der Waals surface area (Å²) in [5.41, 5.74) is 0.293. The minimum Gasteiger partial charge on any atom is -0.357 e. The van der Waals surface area contributed by atoms with E-state index in [0.29, 0.717) is 17.8 Å². The number of hydrogen-bond acceptors (Lipinski definition) is 2. The van der Waals surface area contributed by atoms with Crippen LogP contribution in [0.4, 0.5) is 8.78 Å². The number of carbonyl (C=O) groups excluding carboxylic acids is 1. The standard InChI is InChI=1S/C13H14ClF2N3O/c1-7(13(20)17-2)19-10(5-6-14)18-9-4-3-8(15)11(16)12(9)19/h3-4,7H,5-6H2,1-2H3,(H,17,20). The highest BCUT2D eigenvalue weighted by atomic mass is 35.5. The number of nitrogens with one attached hydrogen (secondary N) is 1. The van der Waals surface area contributed by atoms with E-state index >= 15 is 0 Å². The van der Waals surface area contributed by atoms with E-state index in [-0.39, 0.29) is 17.3 Å². The second-order valence-electron chi connectivity index (χ2n) is 4.36. The topological polar surface area (TPSA) is 46.9 Å². The first kappa shape index (κ1) is 14.7. The summed E-state index contributed by atoms with van der Waals surface area (Å²) < 4.78 is 28.9. The Labute approximate surface area is 119 Å². The normalized spacial score (nSPS) is 12.7. The van der Waals surface area contributed by atoms with Crippen molar-refractivity contribution < 1.29 is 13.6 Å². The van der Waals surface area contributed by atoms with Crippen LogP contribution in [0.5, 0.6) is 0 Å². The molecular formula is C13H14ClF2N3O. The van der Waals surface area contributed by atoms with Crippen molar-refractivity contribution in [2.24, 2.45) is 0 Å². The fraction of sp³-hybridized carbons (Fsp3) is 0.385. The quantitative estimate of drug-likeness (QED) is 0.882. The Morgan fingerprint density at radius 2 is 2.20 bits per heavy atom. The average molecular weight is 302 g/mol. The summed E-state index contributed by atoms with van der Waals surface area (Å²) >= 11 is 5.70. The van der Waals surface area contributed by atoms with Gasteiger partial charge >= 0.3 is 0 Å². The Bertz CT molecular complexity index is 657. The summed E-state index contributed by atoms with van der Waals surface area (Å²) in [6.07, 6.45) is 0.360. The van der Waals surface area contributed by atoms with E-state index in [2.05, 4.69) is 10.3 Å². The van der Waals surface area contributed by atoms with Crippen molar-refractivity contribution in [2.45, 2.75) is 19.4 Å². The molecule has 1 unspecified atom stereocenters. The van der Waals surface area contributed by atoms with E-state index in [9.17, 15) is 13.6 Å². The number of alkyl halides is 1. The van der Waals surface area contributed by atoms with Crippen LogP contribution in [0.3, 0.4) is 0 Å². The predicted molar refractivity (Wildman–Crippen MR) is 72.9 cm³/mol. The third-order valence-corrected chi connectivity index (χ3v) is 3.34. The molecule has 1 amide bonds. The van der Waals surface area contributed by atoms with E-state index in [4.69, 9.17) is 11.6 Å². The van der Waals surface area contributed by atoms with Crippen LogP contribution in [0.1, 0.15) is 18.8 Å². The van der Waals surface area contributed by atoms with Gasteiger partial charge in [-0.3, -0.25) is 4.79 Å². The molecule has 7 heteroatoms. The van der Waals surface area contributed by atoms with E-state index in [0.717, 1.165) is 6.07 Å². The number of imidazole rings is 1. The summed E-state index contributed by atoms with van der Waals surface area (Å²) in [7, 11) is 1.48. The van der Waals surface area contributed by atoms with Crippen molar-refractivity contribution >= 4 is 28.5 Å². The lowest BCUT2D eigenvalue weighted by atomic mass is 10.2. The first-order valence-corrected chi connectivity index (χ1v) is 6.67. The van der Waals surface area contributed by atoms with Gasteiger partial charge in [0.2, 0.25) is 5.91 Å². The summed E-state index contributed by atoms with van der Waals surface area (Å²) in [4.78, 5) is 16.0. The van der Waals surface area contributed by atoms with E-state index in [1.165, 1.54) is 17.7 Å². The maximum Gasteiger partial charge on any atom is 0.242 e. The number of hydrogen-bond donors (Lipinski definition) is 1. The fourth-order valence-corrected chi connectivity index (χ4v) is 2.34. The molecule has 4 nitrogen and oxygen atoms in total. The molecule has 0 saturated heterocycles. The van der Waals surface area contributed by atoms with Crippen molar-refractivity contribution in [3.8, 4) is 0 Å². The van der Waals surface area contributed by atoms with E-state index < -0.39 is 17.7 Å². The number of nitrogens with zero attached hydrogens (tertiary/aromatic N) is 2. The van der Waals surface area contributed by atoms with Crippen LogP contribution in [-0.2, 0) is 11.2 Å². The molecule has 2 aromatic rings. The molecule has 0 fully saturated rings. The second-order valence-corrected chi connectivity index (χ2v) is 4.73. The number of carbonyl (C=O) groups is 1. The molecule has 20 heavy (non-hydrogen) atoms. The number of amides is 1. The number of rotatable bonds is 4. The van der Waals surface area contributed by atoms with Crippen LogP contribution in [0.25, 0.3) is 11.0 Å². The molecule has 0 aliphatic carbocycles. The summed E-state index contributed by atoms with van der Waals surface area (Å²) in [5.74, 6) is -1.57. The molecule has 1 atom stereocenters. The molecule has 2 rings (SSSR count). The first-order valence-electron chi connectivity index (χ1n) is 6.13. The molecule has 0 spiro atoms. The van der Waals surface area contributed by atoms with Gasteiger partial charge in [-0.05, 0) is 19.1 Å². The zero-order valence-corrected chi connectivity index (χ0v) is 11.8. The number of halogens is 3. The lowest BCUT2D eigenvalue weighted by molar-refractivity contribution is -0.123. The minimum atomic E-state index is -1.01. The highest BCUT2D eigenvalue weighted by molar-refractivity contribution is 6.17. The van der Waals surface area contributed by atoms with Crippen molar-refractivity contribution in [3.05, 3.63) is 29.6 Å². The number of aromatic nitrogens is 2. The van der Waals surface area contributed by atoms with Crippen LogP contribution in [0.15, 0.2) is 12.1 Å². The SMILES string of the molecule is CNC(=O)C(C)n1c(CCCl)nc2ccc(F)c(F)c21. The van der Waals surface area contributed by atoms with Gasteiger partial charge in [-0.2, -0.15) is 0 Å². The first-order chi connectivity index (χ1) is 9.51. The summed E-state index contributed by atoms with van der Waals surface area (Å²) in [6.45, 7) is 1.60. The zero-order chi connectivity index (χ0) is 14.9. The molecule has 0 bridgehead atoms. The van der Waals surface area contributed by atoms with Crippen molar-refractivity contribution in [1.82, 2.24) is 14.9 Å². The molecule has 1 aromatic heterocycles. The second kappa shape index (κ2) is 5.75. The predicted octanol–water partition coefficient (Wildman–Crippen LogP) is 2.40. The highest BCUT2D eigenvalue weighted by Gasteiger charge is 2.23. The maximum atomic E-state index is 14.0. The monoisotopic (exact) mass is 301 g/mol. The minimum absolute atomic E-state index is 0.0128. The third kappa shape index (κ3) is 2.35. The third-order valence-electron chi connectivity index (χ3n) is 3.15. The molecule has 1 N–H and O–H groups in total. The number of aryl methyl sites for hydroxylation is 1. The van der Waals surface area contributed by atoms with Crippen LogP contribution in [0.2, 0.25) is 0 Å². The number of fused-ring (bicyclic) bond motifs is 1. The Hall–Kier alpha value is -1.69. The van der Waals surface area contributed by atoms with Crippen molar-refractivity contribution in [3.63, 3.8) is 0 Å². The highest BCUT2D eigenvalue weighted by Crippen LogP contribution is 2.26. The molecule has 0 aliphatic heterocycles. The fourth-order valence-electron chi connectivity index (χ4n) is 2.18. The number of likely N-dealkylation sites (N-methyl/N-ethyl adjacent to an activating group) is 1. The zero-order valence-electron chi connectivity index (χ0n) is 11.1. The smallest absolute Gasteiger partial charge is 0.242 e. The van der Waals surface area contributed by atoms with Gasteiger partial charge in [-0.1, -0.05) is 0 Å². The lowest BCUT2D eigenvalue weighted by Crippen LogP contribution is -2.29.